The molecular formula is C7H14I2O. The Hall–Kier alpha value is 1.42. The summed E-state index contributed by atoms with van der Waals surface area (Å²) in [5.74, 6) is 0. The lowest BCUT2D eigenvalue weighted by molar-refractivity contribution is 0.156. The average Bonchev–Trinajstić information content (AvgIpc) is 1.88. The zero-order valence-corrected chi connectivity index (χ0v) is 10.5. The number of hydrogen-bond acceptors (Lipinski definition) is 1. The summed E-state index contributed by atoms with van der Waals surface area (Å²) in [5.41, 5.74) is 0. The van der Waals surface area contributed by atoms with Crippen LogP contribution in [0.5, 0.6) is 0 Å². The van der Waals surface area contributed by atoms with Crippen LogP contribution < -0.4 is 0 Å². The predicted molar refractivity (Wildman–Crippen MR) is 62.2 cm³/mol. The van der Waals surface area contributed by atoms with Gasteiger partial charge in [-0.3, -0.25) is 0 Å². The van der Waals surface area contributed by atoms with Crippen LogP contribution in [0, 0.1) is 0 Å². The van der Waals surface area contributed by atoms with E-state index in [1.165, 1.54) is 0 Å². The number of hydrogen-bond donors (Lipinski definition) is 1. The van der Waals surface area contributed by atoms with Crippen molar-refractivity contribution in [2.75, 3.05) is 4.43 Å². The van der Waals surface area contributed by atoms with E-state index >= 15 is 0 Å². The second-order valence-electron chi connectivity index (χ2n) is 2.43. The van der Waals surface area contributed by atoms with Gasteiger partial charge in [0.05, 0.1) is 6.10 Å². The highest BCUT2D eigenvalue weighted by Gasteiger charge is 2.08. The van der Waals surface area contributed by atoms with Gasteiger partial charge in [0.2, 0.25) is 0 Å². The minimum Gasteiger partial charge on any atom is -0.393 e. The maximum Gasteiger partial charge on any atom is 0.0550 e. The van der Waals surface area contributed by atoms with Crippen LogP contribution in [0.25, 0.3) is 0 Å². The van der Waals surface area contributed by atoms with Crippen LogP contribution >= 0.6 is 45.2 Å². The molecule has 62 valence electrons. The molecule has 10 heavy (non-hydrogen) atoms. The molecule has 0 bridgehead atoms. The highest BCUT2D eigenvalue weighted by Crippen LogP contribution is 2.14. The molecule has 2 unspecified atom stereocenters. The SMILES string of the molecule is CCCC(O)CC(I)CI. The molecule has 0 saturated heterocycles. The Kier molecular flexibility index (Phi) is 8.10. The van der Waals surface area contributed by atoms with Gasteiger partial charge < -0.3 is 5.11 Å². The van der Waals surface area contributed by atoms with Crippen LogP contribution in [0.2, 0.25) is 0 Å². The molecule has 0 radical (unpaired) electrons. The first-order valence-electron chi connectivity index (χ1n) is 3.58. The molecular weight excluding hydrogens is 354 g/mol. The van der Waals surface area contributed by atoms with Crippen molar-refractivity contribution < 1.29 is 5.11 Å². The van der Waals surface area contributed by atoms with Crippen molar-refractivity contribution in [3.63, 3.8) is 0 Å². The van der Waals surface area contributed by atoms with Crippen LogP contribution in [0.15, 0.2) is 0 Å². The molecule has 0 amide bonds. The molecule has 0 aliphatic carbocycles. The predicted octanol–water partition coefficient (Wildman–Crippen LogP) is 2.78. The Morgan fingerprint density at radius 1 is 1.50 bits per heavy atom. The molecule has 0 aliphatic heterocycles. The van der Waals surface area contributed by atoms with Gasteiger partial charge in [-0.05, 0) is 12.8 Å². The lowest BCUT2D eigenvalue weighted by atomic mass is 10.1. The topological polar surface area (TPSA) is 20.2 Å². The minimum atomic E-state index is -0.0679. The number of alkyl halides is 2. The summed E-state index contributed by atoms with van der Waals surface area (Å²) >= 11 is 4.75. The molecule has 0 saturated carbocycles. The van der Waals surface area contributed by atoms with Gasteiger partial charge in [-0.15, -0.1) is 0 Å². The van der Waals surface area contributed by atoms with E-state index in [0.29, 0.717) is 3.92 Å². The molecule has 0 aliphatic rings. The molecule has 0 fully saturated rings. The van der Waals surface area contributed by atoms with Crippen LogP contribution in [0.3, 0.4) is 0 Å². The first-order valence-corrected chi connectivity index (χ1v) is 6.35. The summed E-state index contributed by atoms with van der Waals surface area (Å²) in [6.45, 7) is 2.11. The second kappa shape index (κ2) is 7.09. The van der Waals surface area contributed by atoms with E-state index in [1.54, 1.807) is 0 Å². The highest BCUT2D eigenvalue weighted by molar-refractivity contribution is 14.1. The molecule has 2 atom stereocenters. The van der Waals surface area contributed by atoms with Crippen LogP contribution in [-0.2, 0) is 0 Å². The smallest absolute Gasteiger partial charge is 0.0550 e. The van der Waals surface area contributed by atoms with Gasteiger partial charge >= 0.3 is 0 Å². The second-order valence-corrected chi connectivity index (χ2v) is 5.07. The maximum atomic E-state index is 9.34. The van der Waals surface area contributed by atoms with Crippen molar-refractivity contribution >= 4 is 45.2 Å². The van der Waals surface area contributed by atoms with Crippen LogP contribution in [-0.4, -0.2) is 19.6 Å². The molecule has 0 rings (SSSR count). The van der Waals surface area contributed by atoms with E-state index in [0.717, 1.165) is 23.7 Å². The van der Waals surface area contributed by atoms with Gasteiger partial charge in [-0.2, -0.15) is 0 Å². The Morgan fingerprint density at radius 3 is 2.50 bits per heavy atom. The highest BCUT2D eigenvalue weighted by atomic mass is 127. The zero-order chi connectivity index (χ0) is 7.98. The van der Waals surface area contributed by atoms with Crippen molar-refractivity contribution in [1.82, 2.24) is 0 Å². The molecule has 0 spiro atoms. The van der Waals surface area contributed by atoms with Crippen molar-refractivity contribution in [2.45, 2.75) is 36.2 Å². The van der Waals surface area contributed by atoms with E-state index < -0.39 is 0 Å². The monoisotopic (exact) mass is 368 g/mol. The number of aliphatic hydroxyl groups is 1. The Labute approximate surface area is 90.2 Å². The summed E-state index contributed by atoms with van der Waals surface area (Å²) in [6, 6.07) is 0. The molecule has 0 aromatic heterocycles. The lowest BCUT2D eigenvalue weighted by Gasteiger charge is -2.11. The van der Waals surface area contributed by atoms with Crippen molar-refractivity contribution in [3.05, 3.63) is 0 Å². The summed E-state index contributed by atoms with van der Waals surface area (Å²) in [4.78, 5) is 0. The van der Waals surface area contributed by atoms with Gasteiger partial charge in [-0.25, -0.2) is 0 Å². The fourth-order valence-electron chi connectivity index (χ4n) is 0.809. The van der Waals surface area contributed by atoms with Gasteiger partial charge in [0.15, 0.2) is 0 Å². The number of rotatable bonds is 5. The normalized spacial score (nSPS) is 16.8. The molecule has 0 aromatic rings. The number of aliphatic hydroxyl groups excluding tert-OH is 1. The molecule has 3 heteroatoms. The van der Waals surface area contributed by atoms with Gasteiger partial charge in [0, 0.05) is 8.35 Å². The lowest BCUT2D eigenvalue weighted by Crippen LogP contribution is -2.13. The fraction of sp³-hybridized carbons (Fsp3) is 1.00. The summed E-state index contributed by atoms with van der Waals surface area (Å²) < 4.78 is 1.78. The van der Waals surface area contributed by atoms with E-state index in [4.69, 9.17) is 0 Å². The number of halogens is 2. The van der Waals surface area contributed by atoms with Gasteiger partial charge in [-0.1, -0.05) is 58.5 Å². The van der Waals surface area contributed by atoms with Crippen LogP contribution in [0.1, 0.15) is 26.2 Å². The third kappa shape index (κ3) is 6.15. The summed E-state index contributed by atoms with van der Waals surface area (Å²) in [5, 5.41) is 9.34. The van der Waals surface area contributed by atoms with E-state index in [2.05, 4.69) is 52.1 Å². The molecule has 0 aromatic carbocycles. The Morgan fingerprint density at radius 2 is 2.10 bits per heavy atom. The van der Waals surface area contributed by atoms with Crippen molar-refractivity contribution in [3.8, 4) is 0 Å². The summed E-state index contributed by atoms with van der Waals surface area (Å²) in [6.07, 6.45) is 2.93. The first kappa shape index (κ1) is 11.4. The van der Waals surface area contributed by atoms with Crippen molar-refractivity contribution in [1.29, 1.82) is 0 Å². The third-order valence-corrected chi connectivity index (χ3v) is 5.01. The molecule has 1 nitrogen and oxygen atoms in total. The molecule has 1 N–H and O–H groups in total. The van der Waals surface area contributed by atoms with E-state index in [9.17, 15) is 5.11 Å². The Balaban J connectivity index is 3.27. The quantitative estimate of drug-likeness (QED) is 0.585. The molecule has 0 heterocycles. The van der Waals surface area contributed by atoms with Crippen molar-refractivity contribution in [2.24, 2.45) is 0 Å². The van der Waals surface area contributed by atoms with Crippen LogP contribution in [0.4, 0.5) is 0 Å². The van der Waals surface area contributed by atoms with E-state index in [1.807, 2.05) is 0 Å². The summed E-state index contributed by atoms with van der Waals surface area (Å²) in [7, 11) is 0. The maximum absolute atomic E-state index is 9.34. The Bertz CT molecular complexity index is 78.0. The first-order chi connectivity index (χ1) is 4.70. The largest absolute Gasteiger partial charge is 0.393 e. The minimum absolute atomic E-state index is 0.0679. The standard InChI is InChI=1S/C7H14I2O/c1-2-3-7(10)4-6(9)5-8/h6-7,10H,2-5H2,1H3. The zero-order valence-electron chi connectivity index (χ0n) is 6.19. The van der Waals surface area contributed by atoms with E-state index in [-0.39, 0.29) is 6.10 Å². The van der Waals surface area contributed by atoms with Gasteiger partial charge in [0.1, 0.15) is 0 Å². The third-order valence-electron chi connectivity index (χ3n) is 1.32. The fourth-order valence-corrected chi connectivity index (χ4v) is 1.76. The average molecular weight is 368 g/mol. The van der Waals surface area contributed by atoms with Gasteiger partial charge in [0.25, 0.3) is 0 Å².